The highest BCUT2D eigenvalue weighted by molar-refractivity contribution is 8.18. The normalized spacial score (nSPS) is 17.9. The van der Waals surface area contributed by atoms with E-state index >= 15 is 0 Å². The molecule has 0 aromatic heterocycles. The minimum atomic E-state index is -3.90. The molecule has 0 saturated carbocycles. The van der Waals surface area contributed by atoms with Gasteiger partial charge in [-0.1, -0.05) is 60.7 Å². The molecule has 0 bridgehead atoms. The van der Waals surface area contributed by atoms with E-state index in [-0.39, 0.29) is 16.6 Å². The molecule has 0 aliphatic carbocycles. The first-order chi connectivity index (χ1) is 17.5. The number of rotatable bonds is 6. The summed E-state index contributed by atoms with van der Waals surface area (Å²) in [7, 11) is -3.90. The standard InChI is InChI=1S/C27H25N3O4S2/c31-26-25(19-21-11-13-23(14-12-21)34-36(32,33)24-9-5-2-6-10-24)35-27(28-26)30-17-15-29(16-18-30)20-22-7-3-1-4-8-22/h1-14,19H,15-18,20H2/b25-19+. The molecule has 36 heavy (non-hydrogen) atoms. The maximum absolute atomic E-state index is 12.5. The molecule has 5 rings (SSSR count). The summed E-state index contributed by atoms with van der Waals surface area (Å²) in [6.45, 7) is 4.39. The van der Waals surface area contributed by atoms with Crippen molar-refractivity contribution < 1.29 is 17.4 Å². The zero-order chi connectivity index (χ0) is 25.0. The van der Waals surface area contributed by atoms with Gasteiger partial charge < -0.3 is 9.08 Å². The Labute approximate surface area is 215 Å². The van der Waals surface area contributed by atoms with E-state index in [4.69, 9.17) is 4.18 Å². The Morgan fingerprint density at radius 3 is 2.17 bits per heavy atom. The Balaban J connectivity index is 1.17. The van der Waals surface area contributed by atoms with E-state index in [1.54, 1.807) is 48.5 Å². The lowest BCUT2D eigenvalue weighted by Crippen LogP contribution is -2.47. The maximum Gasteiger partial charge on any atom is 0.339 e. The largest absolute Gasteiger partial charge is 0.379 e. The van der Waals surface area contributed by atoms with E-state index in [1.807, 2.05) is 6.07 Å². The van der Waals surface area contributed by atoms with Gasteiger partial charge in [0.2, 0.25) is 0 Å². The van der Waals surface area contributed by atoms with Crippen molar-refractivity contribution in [3.63, 3.8) is 0 Å². The van der Waals surface area contributed by atoms with Crippen molar-refractivity contribution in [3.8, 4) is 5.75 Å². The van der Waals surface area contributed by atoms with Gasteiger partial charge in [0, 0.05) is 32.7 Å². The van der Waals surface area contributed by atoms with Crippen molar-refractivity contribution in [2.24, 2.45) is 4.99 Å². The molecular formula is C27H25N3O4S2. The second-order valence-electron chi connectivity index (χ2n) is 8.48. The summed E-state index contributed by atoms with van der Waals surface area (Å²) in [4.78, 5) is 22.0. The average Bonchev–Trinajstić information content (AvgIpc) is 3.26. The predicted molar refractivity (Wildman–Crippen MR) is 142 cm³/mol. The van der Waals surface area contributed by atoms with Crippen LogP contribution in [0.25, 0.3) is 6.08 Å². The first-order valence-corrected chi connectivity index (χ1v) is 13.8. The molecule has 1 fully saturated rings. The number of hydrogen-bond donors (Lipinski definition) is 0. The third kappa shape index (κ3) is 5.87. The Morgan fingerprint density at radius 2 is 1.50 bits per heavy atom. The lowest BCUT2D eigenvalue weighted by molar-refractivity contribution is -0.113. The Bertz CT molecular complexity index is 1380. The highest BCUT2D eigenvalue weighted by Crippen LogP contribution is 2.31. The van der Waals surface area contributed by atoms with Crippen molar-refractivity contribution in [3.05, 3.63) is 101 Å². The number of piperazine rings is 1. The molecule has 0 N–H and O–H groups in total. The SMILES string of the molecule is O=C1N=C(N2CCN(Cc3ccccc3)CC2)S/C1=C/c1ccc(OS(=O)(=O)c2ccccc2)cc1. The summed E-state index contributed by atoms with van der Waals surface area (Å²) in [5.41, 5.74) is 2.06. The zero-order valence-corrected chi connectivity index (χ0v) is 21.1. The molecule has 7 nitrogen and oxygen atoms in total. The number of benzene rings is 3. The van der Waals surface area contributed by atoms with Crippen LogP contribution >= 0.6 is 11.8 Å². The fraction of sp³-hybridized carbons (Fsp3) is 0.185. The van der Waals surface area contributed by atoms with E-state index in [2.05, 4.69) is 39.1 Å². The van der Waals surface area contributed by atoms with Crippen molar-refractivity contribution in [2.75, 3.05) is 26.2 Å². The Hall–Kier alpha value is -3.40. The molecular weight excluding hydrogens is 494 g/mol. The molecule has 2 aliphatic heterocycles. The molecule has 0 unspecified atom stereocenters. The minimum absolute atomic E-state index is 0.0923. The first kappa shape index (κ1) is 24.3. The van der Waals surface area contributed by atoms with Crippen molar-refractivity contribution in [2.45, 2.75) is 11.4 Å². The second kappa shape index (κ2) is 10.7. The molecule has 0 spiro atoms. The van der Waals surface area contributed by atoms with E-state index in [0.29, 0.717) is 4.91 Å². The van der Waals surface area contributed by atoms with Crippen LogP contribution in [0.1, 0.15) is 11.1 Å². The summed E-state index contributed by atoms with van der Waals surface area (Å²) in [5, 5.41) is 0.736. The van der Waals surface area contributed by atoms with E-state index < -0.39 is 10.1 Å². The number of hydrogen-bond acceptors (Lipinski definition) is 7. The molecule has 2 aliphatic rings. The van der Waals surface area contributed by atoms with Crippen LogP contribution in [0.5, 0.6) is 5.75 Å². The molecule has 1 amide bonds. The van der Waals surface area contributed by atoms with Crippen molar-refractivity contribution in [1.29, 1.82) is 0 Å². The van der Waals surface area contributed by atoms with Crippen LogP contribution in [-0.4, -0.2) is 55.5 Å². The molecule has 3 aromatic carbocycles. The summed E-state index contributed by atoms with van der Waals surface area (Å²) < 4.78 is 30.0. The third-order valence-corrected chi connectivity index (χ3v) is 8.22. The van der Waals surface area contributed by atoms with Crippen LogP contribution in [0.2, 0.25) is 0 Å². The number of thioether (sulfide) groups is 1. The fourth-order valence-corrected chi connectivity index (χ4v) is 5.92. The predicted octanol–water partition coefficient (Wildman–Crippen LogP) is 4.24. The highest BCUT2D eigenvalue weighted by atomic mass is 32.2. The van der Waals surface area contributed by atoms with Gasteiger partial charge >= 0.3 is 10.1 Å². The van der Waals surface area contributed by atoms with Gasteiger partial charge in [0.15, 0.2) is 5.17 Å². The lowest BCUT2D eigenvalue weighted by Gasteiger charge is -2.35. The van der Waals surface area contributed by atoms with Crippen LogP contribution < -0.4 is 4.18 Å². The third-order valence-electron chi connectivity index (χ3n) is 5.92. The Kier molecular flexibility index (Phi) is 7.22. The molecule has 1 saturated heterocycles. The zero-order valence-electron chi connectivity index (χ0n) is 19.5. The minimum Gasteiger partial charge on any atom is -0.379 e. The number of amides is 1. The van der Waals surface area contributed by atoms with Crippen molar-refractivity contribution in [1.82, 2.24) is 9.80 Å². The number of carbonyl (C=O) groups excluding carboxylic acids is 1. The smallest absolute Gasteiger partial charge is 0.339 e. The van der Waals surface area contributed by atoms with E-state index in [0.717, 1.165) is 43.5 Å². The van der Waals surface area contributed by atoms with E-state index in [9.17, 15) is 13.2 Å². The molecule has 3 aromatic rings. The average molecular weight is 520 g/mol. The summed E-state index contributed by atoms with van der Waals surface area (Å²) >= 11 is 1.38. The molecule has 9 heteroatoms. The van der Waals surface area contributed by atoms with Crippen LogP contribution in [0.4, 0.5) is 0 Å². The lowest BCUT2D eigenvalue weighted by atomic mass is 10.2. The number of carbonyl (C=O) groups is 1. The van der Waals surface area contributed by atoms with Gasteiger partial charge in [0.05, 0.1) is 4.91 Å². The summed E-state index contributed by atoms with van der Waals surface area (Å²) in [5.74, 6) is -0.0505. The molecule has 0 atom stereocenters. The molecule has 2 heterocycles. The summed E-state index contributed by atoms with van der Waals surface area (Å²) in [6.07, 6.45) is 1.77. The second-order valence-corrected chi connectivity index (χ2v) is 11.0. The number of aliphatic imine (C=N–C) groups is 1. The highest BCUT2D eigenvalue weighted by Gasteiger charge is 2.28. The molecule has 0 radical (unpaired) electrons. The molecule has 184 valence electrons. The van der Waals surface area contributed by atoms with Crippen LogP contribution in [0.15, 0.2) is 99.7 Å². The maximum atomic E-state index is 12.5. The quantitative estimate of drug-likeness (QED) is 0.356. The number of nitrogens with zero attached hydrogens (tertiary/aromatic N) is 3. The van der Waals surface area contributed by atoms with Crippen LogP contribution in [0, 0.1) is 0 Å². The topological polar surface area (TPSA) is 79.3 Å². The van der Waals surface area contributed by atoms with Gasteiger partial charge in [-0.15, -0.1) is 0 Å². The van der Waals surface area contributed by atoms with E-state index in [1.165, 1.54) is 29.5 Å². The monoisotopic (exact) mass is 519 g/mol. The van der Waals surface area contributed by atoms with Crippen LogP contribution in [0.3, 0.4) is 0 Å². The van der Waals surface area contributed by atoms with Gasteiger partial charge in [-0.05, 0) is 53.2 Å². The summed E-state index contributed by atoms with van der Waals surface area (Å²) in [6, 6.07) is 25.0. The fourth-order valence-electron chi connectivity index (χ4n) is 4.01. The van der Waals surface area contributed by atoms with Gasteiger partial charge in [0.1, 0.15) is 10.6 Å². The number of amidine groups is 1. The van der Waals surface area contributed by atoms with Gasteiger partial charge in [-0.2, -0.15) is 13.4 Å². The van der Waals surface area contributed by atoms with Gasteiger partial charge in [0.25, 0.3) is 5.91 Å². The van der Waals surface area contributed by atoms with Crippen LogP contribution in [-0.2, 0) is 21.5 Å². The van der Waals surface area contributed by atoms with Crippen molar-refractivity contribution >= 4 is 39.0 Å². The van der Waals surface area contributed by atoms with Gasteiger partial charge in [-0.25, -0.2) is 0 Å². The first-order valence-electron chi connectivity index (χ1n) is 11.6. The Morgan fingerprint density at radius 1 is 0.861 bits per heavy atom. The van der Waals surface area contributed by atoms with Gasteiger partial charge in [-0.3, -0.25) is 9.69 Å².